The van der Waals surface area contributed by atoms with Crippen molar-refractivity contribution in [2.75, 3.05) is 6.61 Å². The number of rotatable bonds is 6. The van der Waals surface area contributed by atoms with Crippen molar-refractivity contribution in [1.82, 2.24) is 4.72 Å². The topological polar surface area (TPSA) is 66.4 Å². The van der Waals surface area contributed by atoms with E-state index in [-0.39, 0.29) is 21.5 Å². The Kier molecular flexibility index (Phi) is 5.65. The molecule has 1 rings (SSSR count). The van der Waals surface area contributed by atoms with Crippen LogP contribution in [0.3, 0.4) is 0 Å². The Morgan fingerprint density at radius 3 is 2.32 bits per heavy atom. The highest BCUT2D eigenvalue weighted by Crippen LogP contribution is 2.27. The molecule has 108 valence electrons. The summed E-state index contributed by atoms with van der Waals surface area (Å²) in [6.45, 7) is 3.33. The summed E-state index contributed by atoms with van der Waals surface area (Å²) in [7, 11) is -3.83. The van der Waals surface area contributed by atoms with Crippen molar-refractivity contribution in [3.63, 3.8) is 0 Å². The average Bonchev–Trinajstić information content (AvgIpc) is 2.39. The third-order valence-corrected chi connectivity index (χ3v) is 5.49. The lowest BCUT2D eigenvalue weighted by Crippen LogP contribution is -2.50. The molecule has 19 heavy (non-hydrogen) atoms. The minimum atomic E-state index is -3.83. The molecule has 1 aromatic rings. The zero-order valence-electron chi connectivity index (χ0n) is 10.8. The third-order valence-electron chi connectivity index (χ3n) is 3.19. The van der Waals surface area contributed by atoms with Crippen molar-refractivity contribution in [1.29, 1.82) is 0 Å². The molecule has 4 nitrogen and oxygen atoms in total. The minimum Gasteiger partial charge on any atom is -0.394 e. The molecule has 0 bridgehead atoms. The number of halogens is 2. The van der Waals surface area contributed by atoms with Gasteiger partial charge in [0.25, 0.3) is 0 Å². The van der Waals surface area contributed by atoms with Crippen molar-refractivity contribution >= 4 is 33.2 Å². The van der Waals surface area contributed by atoms with Gasteiger partial charge in [-0.05, 0) is 31.0 Å². The second-order valence-electron chi connectivity index (χ2n) is 4.33. The fourth-order valence-corrected chi connectivity index (χ4v) is 3.97. The molecule has 7 heteroatoms. The number of nitrogens with one attached hydrogen (secondary N) is 1. The summed E-state index contributed by atoms with van der Waals surface area (Å²) >= 11 is 11.7. The van der Waals surface area contributed by atoms with Gasteiger partial charge in [0, 0.05) is 5.02 Å². The van der Waals surface area contributed by atoms with Crippen LogP contribution in [0.2, 0.25) is 10.0 Å². The van der Waals surface area contributed by atoms with Crippen LogP contribution >= 0.6 is 23.2 Å². The Hall–Kier alpha value is -0.330. The summed E-state index contributed by atoms with van der Waals surface area (Å²) in [6, 6.07) is 4.23. The van der Waals surface area contributed by atoms with Gasteiger partial charge in [0.2, 0.25) is 10.0 Å². The first-order chi connectivity index (χ1) is 8.80. The molecule has 2 N–H and O–H groups in total. The lowest BCUT2D eigenvalue weighted by Gasteiger charge is -2.30. The van der Waals surface area contributed by atoms with Crippen molar-refractivity contribution in [3.8, 4) is 0 Å². The van der Waals surface area contributed by atoms with E-state index < -0.39 is 15.6 Å². The van der Waals surface area contributed by atoms with Crippen LogP contribution in [0.15, 0.2) is 23.1 Å². The number of sulfonamides is 1. The zero-order chi connectivity index (χ0) is 14.7. The Bertz CT molecular complexity index is 534. The highest BCUT2D eigenvalue weighted by Gasteiger charge is 2.32. The maximum Gasteiger partial charge on any atom is 0.242 e. The van der Waals surface area contributed by atoms with Gasteiger partial charge in [-0.15, -0.1) is 0 Å². The molecule has 1 aromatic carbocycles. The van der Waals surface area contributed by atoms with Crippen LogP contribution in [0.25, 0.3) is 0 Å². The molecule has 0 saturated carbocycles. The maximum atomic E-state index is 12.3. The van der Waals surface area contributed by atoms with Gasteiger partial charge >= 0.3 is 0 Å². The van der Waals surface area contributed by atoms with Gasteiger partial charge < -0.3 is 5.11 Å². The lowest BCUT2D eigenvalue weighted by molar-refractivity contribution is 0.172. The van der Waals surface area contributed by atoms with Gasteiger partial charge in [0.1, 0.15) is 4.90 Å². The first kappa shape index (κ1) is 16.7. The molecule has 0 unspecified atom stereocenters. The molecule has 0 aliphatic rings. The molecule has 0 heterocycles. The normalized spacial score (nSPS) is 12.7. The van der Waals surface area contributed by atoms with Gasteiger partial charge in [-0.25, -0.2) is 13.1 Å². The second kappa shape index (κ2) is 6.41. The van der Waals surface area contributed by atoms with Crippen molar-refractivity contribution in [2.45, 2.75) is 37.1 Å². The summed E-state index contributed by atoms with van der Waals surface area (Å²) in [4.78, 5) is -0.0820. The minimum absolute atomic E-state index is 0.0820. The van der Waals surface area contributed by atoms with Gasteiger partial charge in [-0.2, -0.15) is 0 Å². The third kappa shape index (κ3) is 3.83. The van der Waals surface area contributed by atoms with E-state index in [1.165, 1.54) is 18.2 Å². The standard InChI is InChI=1S/C12H17Cl2NO3S/c1-3-12(4-2,8-16)15-19(17,18)11-7-9(13)5-6-10(11)14/h5-7,15-16H,3-4,8H2,1-2H3. The zero-order valence-corrected chi connectivity index (χ0v) is 13.1. The van der Waals surface area contributed by atoms with Gasteiger partial charge in [0.15, 0.2) is 0 Å². The van der Waals surface area contributed by atoms with Crippen molar-refractivity contribution in [2.24, 2.45) is 0 Å². The fraction of sp³-hybridized carbons (Fsp3) is 0.500. The van der Waals surface area contributed by atoms with Crippen LogP contribution in [0.4, 0.5) is 0 Å². The van der Waals surface area contributed by atoms with Crippen LogP contribution in [0.5, 0.6) is 0 Å². The molecule has 0 spiro atoms. The molecule has 0 aliphatic carbocycles. The van der Waals surface area contributed by atoms with Crippen LogP contribution in [-0.4, -0.2) is 25.7 Å². The van der Waals surface area contributed by atoms with E-state index >= 15 is 0 Å². The van der Waals surface area contributed by atoms with E-state index in [2.05, 4.69) is 4.72 Å². The Balaban J connectivity index is 3.21. The second-order valence-corrected chi connectivity index (χ2v) is 6.82. The predicted molar refractivity (Wildman–Crippen MR) is 77.2 cm³/mol. The van der Waals surface area contributed by atoms with E-state index in [9.17, 15) is 13.5 Å². The van der Waals surface area contributed by atoms with Gasteiger partial charge in [-0.1, -0.05) is 37.0 Å². The highest BCUT2D eigenvalue weighted by molar-refractivity contribution is 7.89. The van der Waals surface area contributed by atoms with Gasteiger partial charge in [-0.3, -0.25) is 0 Å². The number of aliphatic hydroxyl groups excluding tert-OH is 1. The number of hydrogen-bond acceptors (Lipinski definition) is 3. The van der Waals surface area contributed by atoms with Crippen molar-refractivity contribution in [3.05, 3.63) is 28.2 Å². The average molecular weight is 326 g/mol. The van der Waals surface area contributed by atoms with Crippen LogP contribution in [-0.2, 0) is 10.0 Å². The molecule has 0 radical (unpaired) electrons. The molecule has 0 saturated heterocycles. The molecule has 0 amide bonds. The molecule has 0 atom stereocenters. The summed E-state index contributed by atoms with van der Waals surface area (Å²) in [6.07, 6.45) is 0.939. The molecular weight excluding hydrogens is 309 g/mol. The Morgan fingerprint density at radius 2 is 1.84 bits per heavy atom. The summed E-state index contributed by atoms with van der Waals surface area (Å²) in [5.74, 6) is 0. The van der Waals surface area contributed by atoms with Crippen molar-refractivity contribution < 1.29 is 13.5 Å². The lowest BCUT2D eigenvalue weighted by atomic mass is 9.96. The monoisotopic (exact) mass is 325 g/mol. The SMILES string of the molecule is CCC(CC)(CO)NS(=O)(=O)c1cc(Cl)ccc1Cl. The Labute approximate surface area is 123 Å². The maximum absolute atomic E-state index is 12.3. The van der Waals surface area contributed by atoms with E-state index in [0.717, 1.165) is 0 Å². The number of hydrogen-bond donors (Lipinski definition) is 2. The molecule has 0 aliphatic heterocycles. The highest BCUT2D eigenvalue weighted by atomic mass is 35.5. The number of aliphatic hydroxyl groups is 1. The largest absolute Gasteiger partial charge is 0.394 e. The fourth-order valence-electron chi connectivity index (χ4n) is 1.67. The first-order valence-corrected chi connectivity index (χ1v) is 8.14. The summed E-state index contributed by atoms with van der Waals surface area (Å²) in [5.41, 5.74) is -0.884. The quantitative estimate of drug-likeness (QED) is 0.845. The van der Waals surface area contributed by atoms with E-state index in [1.807, 2.05) is 13.8 Å². The van der Waals surface area contributed by atoms with Crippen LogP contribution in [0.1, 0.15) is 26.7 Å². The van der Waals surface area contributed by atoms with Crippen LogP contribution < -0.4 is 4.72 Å². The van der Waals surface area contributed by atoms with E-state index in [1.54, 1.807) is 0 Å². The first-order valence-electron chi connectivity index (χ1n) is 5.90. The van der Waals surface area contributed by atoms with Gasteiger partial charge in [0.05, 0.1) is 17.2 Å². The van der Waals surface area contributed by atoms with E-state index in [0.29, 0.717) is 12.8 Å². The van der Waals surface area contributed by atoms with E-state index in [4.69, 9.17) is 23.2 Å². The van der Waals surface area contributed by atoms with Crippen LogP contribution in [0, 0.1) is 0 Å². The predicted octanol–water partition coefficient (Wildman–Crippen LogP) is 2.82. The Morgan fingerprint density at radius 1 is 1.26 bits per heavy atom. The molecular formula is C12H17Cl2NO3S. The smallest absolute Gasteiger partial charge is 0.242 e. The number of benzene rings is 1. The molecule has 0 fully saturated rings. The summed E-state index contributed by atoms with van der Waals surface area (Å²) in [5, 5.41) is 9.80. The summed E-state index contributed by atoms with van der Waals surface area (Å²) < 4.78 is 27.2. The molecule has 0 aromatic heterocycles.